The van der Waals surface area contributed by atoms with E-state index in [-0.39, 0.29) is 13.2 Å². The monoisotopic (exact) mass is 211 g/mol. The lowest BCUT2D eigenvalue weighted by Crippen LogP contribution is -2.07. The second-order valence-electron chi connectivity index (χ2n) is 2.28. The predicted molar refractivity (Wildman–Crippen MR) is 51.4 cm³/mol. The van der Waals surface area contributed by atoms with Gasteiger partial charge >= 0.3 is 0 Å². The van der Waals surface area contributed by atoms with Gasteiger partial charge in [0.1, 0.15) is 0 Å². The molecule has 4 nitrogen and oxygen atoms in total. The molecule has 0 amide bonds. The number of unbranched alkanes of at least 4 members (excludes halogenated alkanes) is 1. The lowest BCUT2D eigenvalue weighted by molar-refractivity contribution is -0.224. The van der Waals surface area contributed by atoms with Gasteiger partial charge in [0, 0.05) is 0 Å². The molecule has 82 valence electrons. The van der Waals surface area contributed by atoms with Gasteiger partial charge in [0.15, 0.2) is 0 Å². The summed E-state index contributed by atoms with van der Waals surface area (Å²) in [7, 11) is -3.94. The summed E-state index contributed by atoms with van der Waals surface area (Å²) >= 11 is 0. The molecule has 5 heteroatoms. The van der Waals surface area contributed by atoms with E-state index >= 15 is 0 Å². The van der Waals surface area contributed by atoms with Crippen molar-refractivity contribution in [1.82, 2.24) is 0 Å². The third-order valence-corrected chi connectivity index (χ3v) is 2.22. The SMILES string of the molecule is CCCC.CCOP(=O)([O-])OCC. The van der Waals surface area contributed by atoms with Crippen molar-refractivity contribution in [2.24, 2.45) is 0 Å². The first-order valence-corrected chi connectivity index (χ1v) is 6.10. The topological polar surface area (TPSA) is 58.6 Å². The van der Waals surface area contributed by atoms with E-state index in [9.17, 15) is 9.46 Å². The molecule has 0 saturated heterocycles. The first-order chi connectivity index (χ1) is 6.04. The number of hydrogen-bond acceptors (Lipinski definition) is 4. The first kappa shape index (κ1) is 15.6. The highest BCUT2D eigenvalue weighted by molar-refractivity contribution is 7.45. The van der Waals surface area contributed by atoms with E-state index in [0.29, 0.717) is 0 Å². The van der Waals surface area contributed by atoms with Gasteiger partial charge in [-0.15, -0.1) is 0 Å². The van der Waals surface area contributed by atoms with Crippen LogP contribution in [0.1, 0.15) is 40.5 Å². The molecule has 0 aliphatic rings. The van der Waals surface area contributed by atoms with E-state index in [0.717, 1.165) is 0 Å². The highest BCUT2D eigenvalue weighted by Gasteiger charge is 2.04. The Morgan fingerprint density at radius 1 is 1.00 bits per heavy atom. The Hall–Kier alpha value is 0.110. The molecule has 0 aromatic rings. The fraction of sp³-hybridized carbons (Fsp3) is 1.00. The Labute approximate surface area is 80.9 Å². The Kier molecular flexibility index (Phi) is 12.2. The Morgan fingerprint density at radius 3 is 1.46 bits per heavy atom. The zero-order valence-corrected chi connectivity index (χ0v) is 9.80. The van der Waals surface area contributed by atoms with Crippen molar-refractivity contribution < 1.29 is 18.5 Å². The van der Waals surface area contributed by atoms with E-state index in [1.54, 1.807) is 13.8 Å². The summed E-state index contributed by atoms with van der Waals surface area (Å²) in [5, 5.41) is 0. The highest BCUT2D eigenvalue weighted by atomic mass is 31.2. The molecule has 0 aromatic heterocycles. The highest BCUT2D eigenvalue weighted by Crippen LogP contribution is 2.37. The molecule has 0 N–H and O–H groups in total. The second-order valence-corrected chi connectivity index (χ2v) is 3.69. The maximum Gasteiger partial charge on any atom is 0.267 e. The molecule has 13 heavy (non-hydrogen) atoms. The molecule has 0 aromatic carbocycles. The van der Waals surface area contributed by atoms with Crippen LogP contribution in [0, 0.1) is 0 Å². The Morgan fingerprint density at radius 2 is 1.31 bits per heavy atom. The smallest absolute Gasteiger partial charge is 0.267 e. The van der Waals surface area contributed by atoms with Crippen molar-refractivity contribution >= 4 is 7.82 Å². The summed E-state index contributed by atoms with van der Waals surface area (Å²) in [5.41, 5.74) is 0. The molecule has 0 atom stereocenters. The second kappa shape index (κ2) is 10.2. The van der Waals surface area contributed by atoms with Gasteiger partial charge < -0.3 is 13.9 Å². The van der Waals surface area contributed by atoms with Crippen molar-refractivity contribution in [3.8, 4) is 0 Å². The van der Waals surface area contributed by atoms with Crippen molar-refractivity contribution in [3.63, 3.8) is 0 Å². The zero-order chi connectivity index (χ0) is 10.7. The molecule has 0 fully saturated rings. The number of hydrogen-bond donors (Lipinski definition) is 0. The van der Waals surface area contributed by atoms with Crippen LogP contribution in [0.4, 0.5) is 0 Å². The number of phosphoric ester groups is 1. The minimum absolute atomic E-state index is 0.126. The third kappa shape index (κ3) is 14.9. The standard InChI is InChI=1S/C4H11O4P.C4H10/c1-3-7-9(5,6)8-4-2;1-3-4-2/h3-4H2,1-2H3,(H,5,6);3-4H2,1-2H3/p-1. The quantitative estimate of drug-likeness (QED) is 0.655. The number of rotatable bonds is 5. The third-order valence-electron chi connectivity index (χ3n) is 1.07. The van der Waals surface area contributed by atoms with Gasteiger partial charge in [-0.2, -0.15) is 0 Å². The summed E-state index contributed by atoms with van der Waals surface area (Å²) in [4.78, 5) is 10.4. The van der Waals surface area contributed by atoms with Gasteiger partial charge in [0.05, 0.1) is 13.2 Å². The van der Waals surface area contributed by atoms with Crippen LogP contribution < -0.4 is 4.89 Å². The average molecular weight is 211 g/mol. The molecule has 0 saturated carbocycles. The van der Waals surface area contributed by atoms with E-state index in [4.69, 9.17) is 0 Å². The van der Waals surface area contributed by atoms with Crippen LogP contribution in [-0.4, -0.2) is 13.2 Å². The lowest BCUT2D eigenvalue weighted by atomic mass is 10.4. The molecule has 0 spiro atoms. The summed E-state index contributed by atoms with van der Waals surface area (Å²) in [6, 6.07) is 0. The van der Waals surface area contributed by atoms with E-state index < -0.39 is 7.82 Å². The van der Waals surface area contributed by atoms with Crippen LogP contribution >= 0.6 is 7.82 Å². The molecule has 0 unspecified atom stereocenters. The van der Waals surface area contributed by atoms with Gasteiger partial charge in [-0.3, -0.25) is 4.57 Å². The van der Waals surface area contributed by atoms with Crippen molar-refractivity contribution in [1.29, 1.82) is 0 Å². The van der Waals surface area contributed by atoms with Gasteiger partial charge in [-0.25, -0.2) is 0 Å². The summed E-state index contributed by atoms with van der Waals surface area (Å²) in [6.45, 7) is 7.79. The maximum atomic E-state index is 10.4. The van der Waals surface area contributed by atoms with Gasteiger partial charge in [-0.05, 0) is 13.8 Å². The average Bonchev–Trinajstić information content (AvgIpc) is 2.04. The van der Waals surface area contributed by atoms with Crippen LogP contribution in [0.2, 0.25) is 0 Å². The molecular formula is C8H20O4P-. The van der Waals surface area contributed by atoms with Crippen LogP contribution in [0.5, 0.6) is 0 Å². The molecular weight excluding hydrogens is 191 g/mol. The molecule has 0 aliphatic carbocycles. The van der Waals surface area contributed by atoms with Gasteiger partial charge in [-0.1, -0.05) is 26.7 Å². The minimum atomic E-state index is -3.94. The van der Waals surface area contributed by atoms with Crippen LogP contribution in [0.25, 0.3) is 0 Å². The predicted octanol–water partition coefficient (Wildman–Crippen LogP) is 2.33. The molecule has 0 bridgehead atoms. The largest absolute Gasteiger partial charge is 0.756 e. The van der Waals surface area contributed by atoms with Crippen molar-refractivity contribution in [2.45, 2.75) is 40.5 Å². The number of phosphoric acid groups is 1. The van der Waals surface area contributed by atoms with E-state index in [1.165, 1.54) is 12.8 Å². The van der Waals surface area contributed by atoms with Gasteiger partial charge in [0.25, 0.3) is 7.82 Å². The van der Waals surface area contributed by atoms with Crippen LogP contribution in [0.3, 0.4) is 0 Å². The Bertz CT molecular complexity index is 126. The van der Waals surface area contributed by atoms with Gasteiger partial charge in [0.2, 0.25) is 0 Å². The van der Waals surface area contributed by atoms with E-state index in [2.05, 4.69) is 22.9 Å². The molecule has 0 radical (unpaired) electrons. The van der Waals surface area contributed by atoms with Crippen molar-refractivity contribution in [3.05, 3.63) is 0 Å². The van der Waals surface area contributed by atoms with E-state index in [1.807, 2.05) is 0 Å². The first-order valence-electron chi connectivity index (χ1n) is 4.64. The fourth-order valence-electron chi connectivity index (χ4n) is 0.353. The van der Waals surface area contributed by atoms with Crippen molar-refractivity contribution in [2.75, 3.05) is 13.2 Å². The lowest BCUT2D eigenvalue weighted by Gasteiger charge is -2.20. The summed E-state index contributed by atoms with van der Waals surface area (Å²) < 4.78 is 18.9. The fourth-order valence-corrected chi connectivity index (χ4v) is 1.06. The summed E-state index contributed by atoms with van der Waals surface area (Å²) in [6.07, 6.45) is 2.64. The van der Waals surface area contributed by atoms with Crippen LogP contribution in [-0.2, 0) is 13.6 Å². The maximum absolute atomic E-state index is 10.4. The zero-order valence-electron chi connectivity index (χ0n) is 8.91. The van der Waals surface area contributed by atoms with Crippen LogP contribution in [0.15, 0.2) is 0 Å². The molecule has 0 rings (SSSR count). The molecule has 0 heterocycles. The minimum Gasteiger partial charge on any atom is -0.756 e. The summed E-state index contributed by atoms with van der Waals surface area (Å²) in [5.74, 6) is 0. The Balaban J connectivity index is 0. The normalized spacial score (nSPS) is 10.5. The molecule has 0 aliphatic heterocycles.